The van der Waals surface area contributed by atoms with E-state index in [0.717, 1.165) is 50.5 Å². The minimum Gasteiger partial charge on any atom is -0.462 e. The molecular formula is C27H30N2O. The van der Waals surface area contributed by atoms with Crippen LogP contribution in [-0.2, 0) is 0 Å². The first-order valence-corrected chi connectivity index (χ1v) is 10.8. The zero-order valence-electron chi connectivity index (χ0n) is 17.7. The summed E-state index contributed by atoms with van der Waals surface area (Å²) < 4.78 is 6.07. The monoisotopic (exact) mass is 398 g/mol. The second-order valence-electron chi connectivity index (χ2n) is 7.82. The molecule has 30 heavy (non-hydrogen) atoms. The molecule has 0 amide bonds. The third-order valence-corrected chi connectivity index (χ3v) is 5.48. The molecule has 3 nitrogen and oxygen atoms in total. The van der Waals surface area contributed by atoms with Gasteiger partial charge in [-0.05, 0) is 61.4 Å². The number of anilines is 2. The smallest absolute Gasteiger partial charge is 0.127 e. The number of para-hydroxylation sites is 2. The molecule has 3 heteroatoms. The number of benzene rings is 3. The van der Waals surface area contributed by atoms with E-state index in [4.69, 9.17) is 4.74 Å². The van der Waals surface area contributed by atoms with Gasteiger partial charge in [0.25, 0.3) is 0 Å². The lowest BCUT2D eigenvalue weighted by Gasteiger charge is -2.29. The minimum absolute atomic E-state index is 0.941. The van der Waals surface area contributed by atoms with E-state index in [2.05, 4.69) is 95.6 Å². The van der Waals surface area contributed by atoms with Gasteiger partial charge in [-0.2, -0.15) is 0 Å². The first-order chi connectivity index (χ1) is 14.8. The molecule has 1 heterocycles. The summed E-state index contributed by atoms with van der Waals surface area (Å²) in [5.74, 6) is 2.03. The maximum absolute atomic E-state index is 6.07. The SMILES string of the molecule is Cc1cccc(OC2=CCN(CCCN(c3ccccc3)c3ccccc3)CC2)c1. The van der Waals surface area contributed by atoms with Crippen LogP contribution in [0.25, 0.3) is 0 Å². The summed E-state index contributed by atoms with van der Waals surface area (Å²) in [6.07, 6.45) is 4.32. The molecule has 3 aromatic rings. The van der Waals surface area contributed by atoms with Gasteiger partial charge in [-0.3, -0.25) is 4.90 Å². The summed E-state index contributed by atoms with van der Waals surface area (Å²) in [5.41, 5.74) is 3.72. The van der Waals surface area contributed by atoms with Crippen molar-refractivity contribution in [2.75, 3.05) is 31.1 Å². The van der Waals surface area contributed by atoms with Crippen LogP contribution in [0.15, 0.2) is 96.8 Å². The minimum atomic E-state index is 0.941. The average molecular weight is 399 g/mol. The van der Waals surface area contributed by atoms with Gasteiger partial charge in [-0.25, -0.2) is 0 Å². The van der Waals surface area contributed by atoms with Gasteiger partial charge in [0.2, 0.25) is 0 Å². The number of ether oxygens (including phenoxy) is 1. The predicted molar refractivity (Wildman–Crippen MR) is 125 cm³/mol. The number of aryl methyl sites for hydroxylation is 1. The molecule has 0 fully saturated rings. The zero-order chi connectivity index (χ0) is 20.6. The topological polar surface area (TPSA) is 15.7 Å². The molecule has 0 atom stereocenters. The van der Waals surface area contributed by atoms with Gasteiger partial charge in [-0.1, -0.05) is 48.5 Å². The Morgan fingerprint density at radius 3 is 2.17 bits per heavy atom. The van der Waals surface area contributed by atoms with E-state index in [9.17, 15) is 0 Å². The third kappa shape index (κ3) is 5.52. The van der Waals surface area contributed by atoms with Crippen molar-refractivity contribution in [1.82, 2.24) is 4.90 Å². The van der Waals surface area contributed by atoms with E-state index in [0.29, 0.717) is 0 Å². The number of nitrogens with zero attached hydrogens (tertiary/aromatic N) is 2. The van der Waals surface area contributed by atoms with Crippen molar-refractivity contribution < 1.29 is 4.74 Å². The molecule has 0 aromatic heterocycles. The third-order valence-electron chi connectivity index (χ3n) is 5.48. The van der Waals surface area contributed by atoms with E-state index in [1.165, 1.54) is 16.9 Å². The largest absolute Gasteiger partial charge is 0.462 e. The molecular weight excluding hydrogens is 368 g/mol. The van der Waals surface area contributed by atoms with Gasteiger partial charge in [-0.15, -0.1) is 0 Å². The van der Waals surface area contributed by atoms with E-state index < -0.39 is 0 Å². The van der Waals surface area contributed by atoms with Crippen LogP contribution >= 0.6 is 0 Å². The van der Waals surface area contributed by atoms with E-state index in [-0.39, 0.29) is 0 Å². The molecule has 0 saturated carbocycles. The van der Waals surface area contributed by atoms with Crippen LogP contribution < -0.4 is 9.64 Å². The van der Waals surface area contributed by atoms with Crippen molar-refractivity contribution >= 4 is 11.4 Å². The second kappa shape index (κ2) is 10.1. The molecule has 0 spiro atoms. The number of hydrogen-bond acceptors (Lipinski definition) is 3. The molecule has 0 aliphatic carbocycles. The van der Waals surface area contributed by atoms with Crippen molar-refractivity contribution in [2.45, 2.75) is 19.8 Å². The highest BCUT2D eigenvalue weighted by Crippen LogP contribution is 2.25. The van der Waals surface area contributed by atoms with Crippen molar-refractivity contribution in [2.24, 2.45) is 0 Å². The molecule has 0 N–H and O–H groups in total. The summed E-state index contributed by atoms with van der Waals surface area (Å²) in [7, 11) is 0. The van der Waals surface area contributed by atoms with Crippen LogP contribution in [0, 0.1) is 6.92 Å². The molecule has 3 aromatic carbocycles. The Bertz CT molecular complexity index is 913. The first kappa shape index (κ1) is 20.2. The van der Waals surface area contributed by atoms with Gasteiger partial charge in [0, 0.05) is 44.0 Å². The van der Waals surface area contributed by atoms with Crippen LogP contribution in [0.2, 0.25) is 0 Å². The molecule has 0 radical (unpaired) electrons. The molecule has 0 saturated heterocycles. The normalized spacial score (nSPS) is 14.2. The molecule has 4 rings (SSSR count). The lowest BCUT2D eigenvalue weighted by Crippen LogP contribution is -2.32. The molecule has 1 aliphatic heterocycles. The Labute approximate surface area is 180 Å². The molecule has 1 aliphatic rings. The van der Waals surface area contributed by atoms with Gasteiger partial charge < -0.3 is 9.64 Å². The van der Waals surface area contributed by atoms with E-state index in [1.807, 2.05) is 12.1 Å². The van der Waals surface area contributed by atoms with Crippen LogP contribution in [0.3, 0.4) is 0 Å². The molecule has 0 unspecified atom stereocenters. The Morgan fingerprint density at radius 2 is 1.57 bits per heavy atom. The highest BCUT2D eigenvalue weighted by atomic mass is 16.5. The second-order valence-corrected chi connectivity index (χ2v) is 7.82. The summed E-state index contributed by atoms with van der Waals surface area (Å²) in [6.45, 7) is 6.19. The lowest BCUT2D eigenvalue weighted by molar-refractivity contribution is 0.260. The maximum Gasteiger partial charge on any atom is 0.127 e. The summed E-state index contributed by atoms with van der Waals surface area (Å²) in [4.78, 5) is 4.92. The van der Waals surface area contributed by atoms with Gasteiger partial charge in [0.15, 0.2) is 0 Å². The zero-order valence-corrected chi connectivity index (χ0v) is 17.7. The highest BCUT2D eigenvalue weighted by Gasteiger charge is 2.14. The van der Waals surface area contributed by atoms with Crippen LogP contribution in [0.5, 0.6) is 5.75 Å². The fourth-order valence-corrected chi connectivity index (χ4v) is 3.89. The van der Waals surface area contributed by atoms with Crippen LogP contribution in [0.4, 0.5) is 11.4 Å². The first-order valence-electron chi connectivity index (χ1n) is 10.8. The van der Waals surface area contributed by atoms with Crippen molar-refractivity contribution in [3.8, 4) is 5.75 Å². The Hall–Kier alpha value is -3.04. The van der Waals surface area contributed by atoms with Gasteiger partial charge in [0.05, 0.1) is 0 Å². The summed E-state index contributed by atoms with van der Waals surface area (Å²) in [5, 5.41) is 0. The average Bonchev–Trinajstić information content (AvgIpc) is 2.79. The van der Waals surface area contributed by atoms with Gasteiger partial charge >= 0.3 is 0 Å². The quantitative estimate of drug-likeness (QED) is 0.450. The Morgan fingerprint density at radius 1 is 0.867 bits per heavy atom. The molecule has 0 bridgehead atoms. The number of rotatable bonds is 8. The fraction of sp³-hybridized carbons (Fsp3) is 0.259. The van der Waals surface area contributed by atoms with E-state index >= 15 is 0 Å². The van der Waals surface area contributed by atoms with Crippen molar-refractivity contribution in [1.29, 1.82) is 0 Å². The van der Waals surface area contributed by atoms with Gasteiger partial charge in [0.1, 0.15) is 11.5 Å². The fourth-order valence-electron chi connectivity index (χ4n) is 3.89. The Balaban J connectivity index is 1.30. The number of hydrogen-bond donors (Lipinski definition) is 0. The predicted octanol–water partition coefficient (Wildman–Crippen LogP) is 6.19. The standard InChI is InChI=1S/C27H30N2O/c1-23-10-8-15-27(22-23)30-26-16-20-28(21-17-26)18-9-19-29(24-11-4-2-5-12-24)25-13-6-3-7-14-25/h2-8,10-16,22H,9,17-21H2,1H3. The summed E-state index contributed by atoms with van der Waals surface area (Å²) >= 11 is 0. The lowest BCUT2D eigenvalue weighted by atomic mass is 10.2. The van der Waals surface area contributed by atoms with Crippen LogP contribution in [0.1, 0.15) is 18.4 Å². The summed E-state index contributed by atoms with van der Waals surface area (Å²) in [6, 6.07) is 29.6. The maximum atomic E-state index is 6.07. The van der Waals surface area contributed by atoms with E-state index in [1.54, 1.807) is 0 Å². The molecule has 154 valence electrons. The van der Waals surface area contributed by atoms with Crippen LogP contribution in [-0.4, -0.2) is 31.1 Å². The van der Waals surface area contributed by atoms with Crippen molar-refractivity contribution in [3.05, 3.63) is 102 Å². The Kier molecular flexibility index (Phi) is 6.83. The van der Waals surface area contributed by atoms with Crippen molar-refractivity contribution in [3.63, 3.8) is 0 Å². The highest BCUT2D eigenvalue weighted by molar-refractivity contribution is 5.62.